The number of nitrogens with zero attached hydrogens (tertiary/aromatic N) is 1. The van der Waals surface area contributed by atoms with Crippen LogP contribution in [0.2, 0.25) is 0 Å². The van der Waals surface area contributed by atoms with Crippen molar-refractivity contribution in [2.75, 3.05) is 6.61 Å². The molecule has 0 amide bonds. The van der Waals surface area contributed by atoms with Crippen molar-refractivity contribution in [2.45, 2.75) is 44.6 Å². The Morgan fingerprint density at radius 2 is 2.28 bits per heavy atom. The minimum absolute atomic E-state index is 0.0371. The fourth-order valence-corrected chi connectivity index (χ4v) is 3.00. The molecule has 2 N–H and O–H groups in total. The summed E-state index contributed by atoms with van der Waals surface area (Å²) in [6, 6.07) is -0.0371. The van der Waals surface area contributed by atoms with Crippen molar-refractivity contribution in [1.29, 1.82) is 0 Å². The molecule has 1 aromatic heterocycles. The molecule has 1 aliphatic carbocycles. The Bertz CT molecular complexity index is 361. The molecule has 5 heteroatoms. The minimum atomic E-state index is -0.309. The van der Waals surface area contributed by atoms with Gasteiger partial charge in [-0.2, -0.15) is 0 Å². The molecule has 0 unspecified atom stereocenters. The molecule has 18 heavy (non-hydrogen) atoms. The Kier molecular flexibility index (Phi) is 5.13. The lowest BCUT2D eigenvalue weighted by atomic mass is 9.85. The standard InChI is InChI=1S/C13H20N2O2S/c14-11(6-10-4-2-1-3-5-10)8-17-13(16)12-7-15-9-18-12/h7,9-11H,1-6,8,14H2/t11-/m0/s1. The van der Waals surface area contributed by atoms with Crippen LogP contribution in [0.5, 0.6) is 0 Å². The van der Waals surface area contributed by atoms with Crippen LogP contribution in [0, 0.1) is 5.92 Å². The lowest BCUT2D eigenvalue weighted by molar-refractivity contribution is 0.0473. The summed E-state index contributed by atoms with van der Waals surface area (Å²) in [4.78, 5) is 16.0. The number of hydrogen-bond donors (Lipinski definition) is 1. The van der Waals surface area contributed by atoms with Gasteiger partial charge in [-0.1, -0.05) is 32.1 Å². The first-order chi connectivity index (χ1) is 8.75. The van der Waals surface area contributed by atoms with Gasteiger partial charge < -0.3 is 10.5 Å². The molecule has 0 aromatic carbocycles. The van der Waals surface area contributed by atoms with Gasteiger partial charge in [0, 0.05) is 6.04 Å². The van der Waals surface area contributed by atoms with E-state index in [9.17, 15) is 4.79 Å². The zero-order chi connectivity index (χ0) is 12.8. The molecule has 0 saturated heterocycles. The smallest absolute Gasteiger partial charge is 0.350 e. The molecule has 0 radical (unpaired) electrons. The predicted molar refractivity (Wildman–Crippen MR) is 71.6 cm³/mol. The number of ether oxygens (including phenoxy) is 1. The van der Waals surface area contributed by atoms with Crippen LogP contribution in [-0.2, 0) is 4.74 Å². The number of carbonyl (C=O) groups is 1. The Labute approximate surface area is 112 Å². The lowest BCUT2D eigenvalue weighted by Crippen LogP contribution is -2.30. The first-order valence-corrected chi connectivity index (χ1v) is 7.45. The number of thiazole rings is 1. The van der Waals surface area contributed by atoms with Crippen LogP contribution in [0.1, 0.15) is 48.2 Å². The van der Waals surface area contributed by atoms with E-state index >= 15 is 0 Å². The fraction of sp³-hybridized carbons (Fsp3) is 0.692. The van der Waals surface area contributed by atoms with Crippen molar-refractivity contribution in [2.24, 2.45) is 11.7 Å². The molecule has 1 aromatic rings. The Morgan fingerprint density at radius 1 is 1.50 bits per heavy atom. The minimum Gasteiger partial charge on any atom is -0.460 e. The van der Waals surface area contributed by atoms with Crippen molar-refractivity contribution in [1.82, 2.24) is 4.98 Å². The zero-order valence-corrected chi connectivity index (χ0v) is 11.3. The van der Waals surface area contributed by atoms with Crippen molar-refractivity contribution in [3.8, 4) is 0 Å². The molecule has 4 nitrogen and oxygen atoms in total. The van der Waals surface area contributed by atoms with Gasteiger partial charge in [-0.05, 0) is 12.3 Å². The van der Waals surface area contributed by atoms with E-state index in [2.05, 4.69) is 4.98 Å². The van der Waals surface area contributed by atoms with Gasteiger partial charge in [0.25, 0.3) is 0 Å². The number of hydrogen-bond acceptors (Lipinski definition) is 5. The first kappa shape index (κ1) is 13.5. The van der Waals surface area contributed by atoms with Crippen LogP contribution < -0.4 is 5.73 Å². The van der Waals surface area contributed by atoms with E-state index in [1.54, 1.807) is 5.51 Å². The number of rotatable bonds is 5. The second-order valence-corrected chi connectivity index (χ2v) is 5.85. The second-order valence-electron chi connectivity index (χ2n) is 4.96. The molecule has 100 valence electrons. The zero-order valence-electron chi connectivity index (χ0n) is 10.5. The summed E-state index contributed by atoms with van der Waals surface area (Å²) in [6.07, 6.45) is 9.03. The number of carbonyl (C=O) groups excluding carboxylic acids is 1. The predicted octanol–water partition coefficient (Wildman–Crippen LogP) is 2.60. The van der Waals surface area contributed by atoms with E-state index in [1.807, 2.05) is 0 Å². The topological polar surface area (TPSA) is 65.2 Å². The number of nitrogens with two attached hydrogens (primary N) is 1. The lowest BCUT2D eigenvalue weighted by Gasteiger charge is -2.24. The summed E-state index contributed by atoms with van der Waals surface area (Å²) in [6.45, 7) is 0.313. The highest BCUT2D eigenvalue weighted by Gasteiger charge is 2.18. The first-order valence-electron chi connectivity index (χ1n) is 6.57. The van der Waals surface area contributed by atoms with Gasteiger partial charge in [0.15, 0.2) is 0 Å². The quantitative estimate of drug-likeness (QED) is 0.834. The van der Waals surface area contributed by atoms with E-state index < -0.39 is 0 Å². The summed E-state index contributed by atoms with van der Waals surface area (Å²) in [7, 11) is 0. The highest BCUT2D eigenvalue weighted by molar-refractivity contribution is 7.11. The third kappa shape index (κ3) is 4.07. The van der Waals surface area contributed by atoms with E-state index in [1.165, 1.54) is 49.6 Å². The fourth-order valence-electron chi connectivity index (χ4n) is 2.49. The molecule has 0 aliphatic heterocycles. The van der Waals surface area contributed by atoms with Gasteiger partial charge in [0.2, 0.25) is 0 Å². The van der Waals surface area contributed by atoms with Gasteiger partial charge in [-0.25, -0.2) is 4.79 Å². The summed E-state index contributed by atoms with van der Waals surface area (Å²) >= 11 is 1.29. The van der Waals surface area contributed by atoms with Crippen molar-refractivity contribution in [3.05, 3.63) is 16.6 Å². The van der Waals surface area contributed by atoms with Gasteiger partial charge in [0.1, 0.15) is 11.5 Å². The molecular weight excluding hydrogens is 248 g/mol. The van der Waals surface area contributed by atoms with Gasteiger partial charge in [-0.3, -0.25) is 4.98 Å². The summed E-state index contributed by atoms with van der Waals surface area (Å²) in [5.41, 5.74) is 7.64. The third-order valence-corrected chi connectivity index (χ3v) is 4.18. The molecule has 1 atom stereocenters. The highest BCUT2D eigenvalue weighted by Crippen LogP contribution is 2.27. The second kappa shape index (κ2) is 6.85. The van der Waals surface area contributed by atoms with Crippen molar-refractivity contribution >= 4 is 17.3 Å². The van der Waals surface area contributed by atoms with Crippen LogP contribution in [0.15, 0.2) is 11.7 Å². The maximum Gasteiger partial charge on any atom is 0.350 e. The summed E-state index contributed by atoms with van der Waals surface area (Å²) in [5.74, 6) is 0.410. The molecular formula is C13H20N2O2S. The van der Waals surface area contributed by atoms with Crippen LogP contribution >= 0.6 is 11.3 Å². The van der Waals surface area contributed by atoms with Gasteiger partial charge >= 0.3 is 5.97 Å². The maximum atomic E-state index is 11.6. The normalized spacial score (nSPS) is 18.5. The molecule has 0 spiro atoms. The average Bonchev–Trinajstić information content (AvgIpc) is 2.91. The monoisotopic (exact) mass is 268 g/mol. The van der Waals surface area contributed by atoms with E-state index in [-0.39, 0.29) is 12.0 Å². The Hall–Kier alpha value is -0.940. The molecule has 0 bridgehead atoms. The third-order valence-electron chi connectivity index (χ3n) is 3.42. The molecule has 2 rings (SSSR count). The van der Waals surface area contributed by atoms with Crippen LogP contribution in [0.4, 0.5) is 0 Å². The van der Waals surface area contributed by atoms with E-state index in [4.69, 9.17) is 10.5 Å². The number of aromatic nitrogens is 1. The van der Waals surface area contributed by atoms with Crippen molar-refractivity contribution in [3.63, 3.8) is 0 Å². The van der Waals surface area contributed by atoms with Crippen LogP contribution in [0.3, 0.4) is 0 Å². The summed E-state index contributed by atoms with van der Waals surface area (Å²) < 4.78 is 5.20. The van der Waals surface area contributed by atoms with Gasteiger partial charge in [-0.15, -0.1) is 11.3 Å². The molecule has 1 heterocycles. The molecule has 1 saturated carbocycles. The molecule has 1 fully saturated rings. The molecule has 1 aliphatic rings. The maximum absolute atomic E-state index is 11.6. The van der Waals surface area contributed by atoms with Gasteiger partial charge in [0.05, 0.1) is 11.7 Å². The Balaban J connectivity index is 1.68. The van der Waals surface area contributed by atoms with Crippen LogP contribution in [0.25, 0.3) is 0 Å². The SMILES string of the molecule is N[C@H](COC(=O)c1cncs1)CC1CCCCC1. The highest BCUT2D eigenvalue weighted by atomic mass is 32.1. The van der Waals surface area contributed by atoms with E-state index in [0.29, 0.717) is 11.5 Å². The van der Waals surface area contributed by atoms with Crippen LogP contribution in [-0.4, -0.2) is 23.6 Å². The average molecular weight is 268 g/mol. The van der Waals surface area contributed by atoms with E-state index in [0.717, 1.165) is 12.3 Å². The summed E-state index contributed by atoms with van der Waals surface area (Å²) in [5, 5.41) is 0. The largest absolute Gasteiger partial charge is 0.460 e. The van der Waals surface area contributed by atoms with Crippen molar-refractivity contribution < 1.29 is 9.53 Å². The number of esters is 1. The Morgan fingerprint density at radius 3 is 2.94 bits per heavy atom.